The molecule has 0 heterocycles. The number of benzene rings is 2. The molecule has 9 nitrogen and oxygen atoms in total. The van der Waals surface area contributed by atoms with Gasteiger partial charge < -0.3 is 19.6 Å². The van der Waals surface area contributed by atoms with E-state index >= 15 is 0 Å². The number of ether oxygens (including phenoxy) is 1. The first-order valence-corrected chi connectivity index (χ1v) is 11.0. The molecule has 34 heavy (non-hydrogen) atoms. The summed E-state index contributed by atoms with van der Waals surface area (Å²) in [5, 5.41) is 18.6. The molecular formula is C25H31N3O6. The van der Waals surface area contributed by atoms with E-state index in [1.807, 2.05) is 50.2 Å². The maximum Gasteiger partial charge on any atom is 0.451 e. The summed E-state index contributed by atoms with van der Waals surface area (Å²) in [5.74, 6) is -2.55. The smallest absolute Gasteiger partial charge is 0.451 e. The summed E-state index contributed by atoms with van der Waals surface area (Å²) in [6, 6.07) is 17.0. The predicted octanol–water partition coefficient (Wildman–Crippen LogP) is 3.73. The lowest BCUT2D eigenvalue weighted by Crippen LogP contribution is -2.52. The molecule has 1 atom stereocenters. The lowest BCUT2D eigenvalue weighted by atomic mass is 10.1. The number of likely N-dealkylation sites (N-methyl/N-ethyl adjacent to an activating group) is 1. The van der Waals surface area contributed by atoms with Crippen LogP contribution < -0.4 is 0 Å². The first-order chi connectivity index (χ1) is 16.2. The monoisotopic (exact) mass is 469 g/mol. The van der Waals surface area contributed by atoms with Gasteiger partial charge in [-0.2, -0.15) is 0 Å². The summed E-state index contributed by atoms with van der Waals surface area (Å²) in [4.78, 5) is 43.4. The number of amides is 1. The van der Waals surface area contributed by atoms with Gasteiger partial charge in [-0.05, 0) is 23.5 Å². The van der Waals surface area contributed by atoms with Crippen LogP contribution in [0.4, 0.5) is 4.79 Å². The van der Waals surface area contributed by atoms with Crippen LogP contribution in [0.15, 0.2) is 60.7 Å². The number of guanidine groups is 1. The number of aliphatic carboxylic acids is 1. The molecule has 0 fully saturated rings. The molecule has 9 heteroatoms. The van der Waals surface area contributed by atoms with Crippen LogP contribution in [0.2, 0.25) is 0 Å². The first-order valence-electron chi connectivity index (χ1n) is 11.0. The van der Waals surface area contributed by atoms with Gasteiger partial charge in [0.1, 0.15) is 6.04 Å². The summed E-state index contributed by atoms with van der Waals surface area (Å²) in [6.45, 7) is 3.71. The Morgan fingerprint density at radius 1 is 0.971 bits per heavy atom. The van der Waals surface area contributed by atoms with Crippen LogP contribution >= 0.6 is 0 Å². The average Bonchev–Trinajstić information content (AvgIpc) is 2.83. The Hall–Kier alpha value is -3.88. The summed E-state index contributed by atoms with van der Waals surface area (Å²) in [7, 11) is 1.35. The summed E-state index contributed by atoms with van der Waals surface area (Å²) >= 11 is 0. The van der Waals surface area contributed by atoms with Gasteiger partial charge >= 0.3 is 18.0 Å². The molecule has 2 aromatic rings. The molecule has 2 rings (SSSR count). The van der Waals surface area contributed by atoms with Crippen molar-refractivity contribution in [3.05, 3.63) is 71.8 Å². The van der Waals surface area contributed by atoms with E-state index < -0.39 is 30.0 Å². The largest absolute Gasteiger partial charge is 0.480 e. The molecule has 1 amide bonds. The van der Waals surface area contributed by atoms with Gasteiger partial charge in [0.15, 0.2) is 0 Å². The fourth-order valence-corrected chi connectivity index (χ4v) is 3.02. The Bertz CT molecular complexity index is 965. The molecule has 0 aromatic heterocycles. The first kappa shape index (κ1) is 26.4. The topological polar surface area (TPSA) is 120 Å². The van der Waals surface area contributed by atoms with Crippen LogP contribution in [0.1, 0.15) is 31.4 Å². The van der Waals surface area contributed by atoms with E-state index in [2.05, 4.69) is 0 Å². The number of hydrogen-bond acceptors (Lipinski definition) is 6. The zero-order valence-electron chi connectivity index (χ0n) is 19.6. The van der Waals surface area contributed by atoms with Crippen molar-refractivity contribution in [3.63, 3.8) is 0 Å². The summed E-state index contributed by atoms with van der Waals surface area (Å²) in [5.41, 5.74) is 1.65. The number of carboxylic acids is 1. The maximum atomic E-state index is 12.7. The average molecular weight is 470 g/mol. The highest BCUT2D eigenvalue weighted by atomic mass is 16.8. The number of carboxylic acid groups (broad SMARTS) is 1. The molecule has 0 bridgehead atoms. The molecule has 1 unspecified atom stereocenters. The van der Waals surface area contributed by atoms with Gasteiger partial charge in [0.25, 0.3) is 0 Å². The van der Waals surface area contributed by atoms with Gasteiger partial charge in [0.2, 0.25) is 5.96 Å². The Morgan fingerprint density at radius 3 is 2.06 bits per heavy atom. The molecule has 2 aromatic carbocycles. The molecule has 0 saturated heterocycles. The molecule has 0 aliphatic carbocycles. The Kier molecular flexibility index (Phi) is 10.1. The molecule has 0 radical (unpaired) electrons. The highest BCUT2D eigenvalue weighted by Crippen LogP contribution is 2.13. The fraction of sp³-hybridized carbons (Fsp3) is 0.360. The molecular weight excluding hydrogens is 438 g/mol. The van der Waals surface area contributed by atoms with Crippen LogP contribution in [0.3, 0.4) is 0 Å². The Balaban J connectivity index is 2.16. The maximum absolute atomic E-state index is 12.7. The van der Waals surface area contributed by atoms with Crippen molar-refractivity contribution in [2.75, 3.05) is 13.7 Å². The third kappa shape index (κ3) is 8.23. The zero-order chi connectivity index (χ0) is 25.1. The lowest BCUT2D eigenvalue weighted by molar-refractivity contribution is -0.170. The lowest BCUT2D eigenvalue weighted by Gasteiger charge is -2.31. The number of nitrogens with one attached hydrogen (secondary N) is 1. The second-order valence-corrected chi connectivity index (χ2v) is 8.19. The van der Waals surface area contributed by atoms with Gasteiger partial charge in [-0.15, -0.1) is 0 Å². The van der Waals surface area contributed by atoms with Crippen molar-refractivity contribution >= 4 is 24.0 Å². The van der Waals surface area contributed by atoms with E-state index in [1.165, 1.54) is 7.05 Å². The predicted molar refractivity (Wildman–Crippen MR) is 126 cm³/mol. The van der Waals surface area contributed by atoms with E-state index in [0.29, 0.717) is 11.5 Å². The van der Waals surface area contributed by atoms with Crippen LogP contribution in [0.5, 0.6) is 0 Å². The number of carbonyl (C=O) groups is 3. The van der Waals surface area contributed by atoms with Crippen LogP contribution in [0.25, 0.3) is 0 Å². The van der Waals surface area contributed by atoms with Crippen LogP contribution in [-0.2, 0) is 32.0 Å². The van der Waals surface area contributed by atoms with Crippen LogP contribution in [-0.4, -0.2) is 58.8 Å². The second-order valence-electron chi connectivity index (χ2n) is 8.19. The summed E-state index contributed by atoms with van der Waals surface area (Å²) in [6.07, 6.45) is -0.654. The van der Waals surface area contributed by atoms with Crippen molar-refractivity contribution in [2.24, 2.45) is 5.92 Å². The van der Waals surface area contributed by atoms with Gasteiger partial charge in [0, 0.05) is 13.5 Å². The number of aryl methyl sites for hydroxylation is 1. The third-order valence-corrected chi connectivity index (χ3v) is 4.91. The molecule has 0 aliphatic rings. The van der Waals surface area contributed by atoms with Crippen molar-refractivity contribution in [1.29, 1.82) is 5.41 Å². The molecule has 182 valence electrons. The minimum Gasteiger partial charge on any atom is -0.480 e. The zero-order valence-corrected chi connectivity index (χ0v) is 19.6. The van der Waals surface area contributed by atoms with Gasteiger partial charge in [-0.25, -0.2) is 14.4 Å². The van der Waals surface area contributed by atoms with Gasteiger partial charge in [-0.1, -0.05) is 79.6 Å². The number of carbonyl (C=O) groups excluding carboxylic acids is 2. The Labute approximate surface area is 199 Å². The SMILES string of the molecule is CC(C)COC(=O)N(OC(=O)CCc1ccccc1)C(=N)N(C)C(Cc1ccccc1)C(=O)O. The minimum absolute atomic E-state index is 0.0105. The van der Waals surface area contributed by atoms with E-state index in [-0.39, 0.29) is 25.4 Å². The number of nitrogens with zero attached hydrogens (tertiary/aromatic N) is 2. The van der Waals surface area contributed by atoms with Crippen molar-refractivity contribution < 1.29 is 29.1 Å². The van der Waals surface area contributed by atoms with Crippen LogP contribution in [0, 0.1) is 11.3 Å². The number of rotatable bonds is 9. The fourth-order valence-electron chi connectivity index (χ4n) is 3.02. The van der Waals surface area contributed by atoms with Crippen molar-refractivity contribution in [3.8, 4) is 0 Å². The normalized spacial score (nSPS) is 11.4. The quantitative estimate of drug-likeness (QED) is 0.326. The minimum atomic E-state index is -1.19. The molecule has 0 aliphatic heterocycles. The molecule has 0 spiro atoms. The second kappa shape index (κ2) is 13.0. The highest BCUT2D eigenvalue weighted by Gasteiger charge is 2.33. The molecule has 2 N–H and O–H groups in total. The third-order valence-electron chi connectivity index (χ3n) is 4.91. The van der Waals surface area contributed by atoms with E-state index in [0.717, 1.165) is 16.0 Å². The van der Waals surface area contributed by atoms with Gasteiger partial charge in [-0.3, -0.25) is 5.41 Å². The van der Waals surface area contributed by atoms with Gasteiger partial charge in [0.05, 0.1) is 13.0 Å². The van der Waals surface area contributed by atoms with Crippen molar-refractivity contribution in [2.45, 2.75) is 39.2 Å². The number of hydroxylamine groups is 2. The highest BCUT2D eigenvalue weighted by molar-refractivity contribution is 5.94. The molecule has 0 saturated carbocycles. The Morgan fingerprint density at radius 2 is 1.53 bits per heavy atom. The summed E-state index contributed by atoms with van der Waals surface area (Å²) < 4.78 is 5.15. The van der Waals surface area contributed by atoms with E-state index in [9.17, 15) is 19.5 Å². The number of hydrogen-bond donors (Lipinski definition) is 2. The van der Waals surface area contributed by atoms with E-state index in [1.54, 1.807) is 24.3 Å². The van der Waals surface area contributed by atoms with Crippen molar-refractivity contribution in [1.82, 2.24) is 9.96 Å². The van der Waals surface area contributed by atoms with E-state index in [4.69, 9.17) is 15.0 Å². The standard InChI is InChI=1S/C25H31N3O6/c1-18(2)17-33-25(32)28(34-22(29)15-14-19-10-6-4-7-11-19)24(26)27(3)21(23(30)31)16-20-12-8-5-9-13-20/h4-13,18,21,26H,14-17H2,1-3H3,(H,30,31).